The molecule has 3 aromatic rings. The molecule has 2 amide bonds. The number of carbonyl (C=O) groups excluding carboxylic acids is 2. The molecule has 3 rings (SSSR count). The summed E-state index contributed by atoms with van der Waals surface area (Å²) in [6.07, 6.45) is 3.02. The summed E-state index contributed by atoms with van der Waals surface area (Å²) < 4.78 is 13.3. The third-order valence-electron chi connectivity index (χ3n) is 3.43. The Hall–Kier alpha value is -3.54. The minimum atomic E-state index is -0.495. The molecule has 0 aliphatic heterocycles. The summed E-state index contributed by atoms with van der Waals surface area (Å²) in [5, 5.41) is 5.40. The number of anilines is 2. The molecule has 0 spiro atoms. The van der Waals surface area contributed by atoms with Crippen LogP contribution in [0.5, 0.6) is 0 Å². The topological polar surface area (TPSA) is 71.1 Å². The van der Waals surface area contributed by atoms with Crippen LogP contribution < -0.4 is 10.6 Å². The molecule has 0 fully saturated rings. The van der Waals surface area contributed by atoms with Gasteiger partial charge in [-0.15, -0.1) is 0 Å². The number of carbonyl (C=O) groups is 2. The lowest BCUT2D eigenvalue weighted by molar-refractivity contribution is 0.101. The van der Waals surface area contributed by atoms with Gasteiger partial charge in [0.2, 0.25) is 0 Å². The first-order valence-electron chi connectivity index (χ1n) is 7.51. The van der Waals surface area contributed by atoms with E-state index in [1.54, 1.807) is 42.6 Å². The fraction of sp³-hybridized carbons (Fsp3) is 0. The SMILES string of the molecule is O=C(Nc1ccccc1NC(=O)c1cccc(F)c1)c1cccnc1. The first-order valence-corrected chi connectivity index (χ1v) is 7.51. The lowest BCUT2D eigenvalue weighted by Gasteiger charge is -2.12. The van der Waals surface area contributed by atoms with Crippen LogP contribution in [0, 0.1) is 5.82 Å². The lowest BCUT2D eigenvalue weighted by atomic mass is 10.2. The van der Waals surface area contributed by atoms with Gasteiger partial charge in [0.05, 0.1) is 16.9 Å². The second kappa shape index (κ2) is 7.35. The number of nitrogens with zero attached hydrogens (tertiary/aromatic N) is 1. The Labute approximate surface area is 143 Å². The highest BCUT2D eigenvalue weighted by Crippen LogP contribution is 2.22. The average molecular weight is 335 g/mol. The molecule has 5 nitrogen and oxygen atoms in total. The van der Waals surface area contributed by atoms with E-state index in [0.717, 1.165) is 6.07 Å². The van der Waals surface area contributed by atoms with Crippen molar-refractivity contribution in [3.8, 4) is 0 Å². The summed E-state index contributed by atoms with van der Waals surface area (Å²) in [7, 11) is 0. The molecule has 0 unspecified atom stereocenters. The van der Waals surface area contributed by atoms with E-state index < -0.39 is 11.7 Å². The van der Waals surface area contributed by atoms with E-state index >= 15 is 0 Å². The molecule has 0 bridgehead atoms. The molecule has 0 aliphatic carbocycles. The van der Waals surface area contributed by atoms with Crippen LogP contribution in [0.2, 0.25) is 0 Å². The number of hydrogen-bond donors (Lipinski definition) is 2. The van der Waals surface area contributed by atoms with Crippen LogP contribution in [0.4, 0.5) is 15.8 Å². The smallest absolute Gasteiger partial charge is 0.257 e. The Morgan fingerprint density at radius 1 is 0.800 bits per heavy atom. The van der Waals surface area contributed by atoms with Gasteiger partial charge >= 0.3 is 0 Å². The van der Waals surface area contributed by atoms with E-state index in [4.69, 9.17) is 0 Å². The zero-order valence-corrected chi connectivity index (χ0v) is 13.1. The summed E-state index contributed by atoms with van der Waals surface area (Å²) in [5.41, 5.74) is 1.43. The van der Waals surface area contributed by atoms with Crippen molar-refractivity contribution in [2.45, 2.75) is 0 Å². The van der Waals surface area contributed by atoms with Crippen molar-refractivity contribution in [2.75, 3.05) is 10.6 Å². The number of hydrogen-bond acceptors (Lipinski definition) is 3. The van der Waals surface area contributed by atoms with Gasteiger partial charge in [-0.25, -0.2) is 4.39 Å². The molecule has 6 heteroatoms. The van der Waals surface area contributed by atoms with Gasteiger partial charge in [-0.1, -0.05) is 18.2 Å². The molecular formula is C19H14FN3O2. The van der Waals surface area contributed by atoms with E-state index in [2.05, 4.69) is 15.6 Å². The van der Waals surface area contributed by atoms with E-state index in [1.165, 1.54) is 24.4 Å². The largest absolute Gasteiger partial charge is 0.320 e. The Kier molecular flexibility index (Phi) is 4.80. The molecule has 0 radical (unpaired) electrons. The third kappa shape index (κ3) is 4.06. The van der Waals surface area contributed by atoms with Crippen LogP contribution in [-0.2, 0) is 0 Å². The van der Waals surface area contributed by atoms with Crippen molar-refractivity contribution in [2.24, 2.45) is 0 Å². The van der Waals surface area contributed by atoms with Crippen molar-refractivity contribution in [3.05, 3.63) is 90.0 Å². The van der Waals surface area contributed by atoms with Gasteiger partial charge in [0.1, 0.15) is 5.82 Å². The normalized spacial score (nSPS) is 10.1. The summed E-state index contributed by atoms with van der Waals surface area (Å²) in [6, 6.07) is 15.4. The second-order valence-electron chi connectivity index (χ2n) is 5.21. The van der Waals surface area contributed by atoms with Crippen molar-refractivity contribution in [1.82, 2.24) is 4.98 Å². The fourth-order valence-corrected chi connectivity index (χ4v) is 2.22. The maximum atomic E-state index is 13.3. The molecule has 25 heavy (non-hydrogen) atoms. The molecule has 1 aromatic heterocycles. The van der Waals surface area contributed by atoms with Crippen molar-refractivity contribution in [3.63, 3.8) is 0 Å². The monoisotopic (exact) mass is 335 g/mol. The zero-order chi connectivity index (χ0) is 17.6. The Morgan fingerprint density at radius 2 is 1.44 bits per heavy atom. The average Bonchev–Trinajstić information content (AvgIpc) is 2.64. The van der Waals surface area contributed by atoms with E-state index in [-0.39, 0.29) is 11.5 Å². The number of para-hydroxylation sites is 2. The van der Waals surface area contributed by atoms with Gasteiger partial charge in [-0.05, 0) is 42.5 Å². The quantitative estimate of drug-likeness (QED) is 0.763. The summed E-state index contributed by atoms with van der Waals surface area (Å²) >= 11 is 0. The van der Waals surface area contributed by atoms with E-state index in [1.807, 2.05) is 0 Å². The predicted molar refractivity (Wildman–Crippen MR) is 93.0 cm³/mol. The molecule has 0 saturated heterocycles. The highest BCUT2D eigenvalue weighted by molar-refractivity contribution is 6.09. The maximum absolute atomic E-state index is 13.3. The number of pyridine rings is 1. The van der Waals surface area contributed by atoms with Crippen LogP contribution in [-0.4, -0.2) is 16.8 Å². The number of aromatic nitrogens is 1. The molecule has 124 valence electrons. The number of halogens is 1. The lowest BCUT2D eigenvalue weighted by Crippen LogP contribution is -2.17. The van der Waals surface area contributed by atoms with Gasteiger partial charge in [0.25, 0.3) is 11.8 Å². The summed E-state index contributed by atoms with van der Waals surface area (Å²) in [5.74, 6) is -1.31. The third-order valence-corrected chi connectivity index (χ3v) is 3.43. The first-order chi connectivity index (χ1) is 12.1. The van der Waals surface area contributed by atoms with Crippen molar-refractivity contribution < 1.29 is 14.0 Å². The van der Waals surface area contributed by atoms with Gasteiger partial charge in [0, 0.05) is 18.0 Å². The predicted octanol–water partition coefficient (Wildman–Crippen LogP) is 3.73. The molecule has 0 atom stereocenters. The zero-order valence-electron chi connectivity index (χ0n) is 13.1. The first kappa shape index (κ1) is 16.3. The minimum absolute atomic E-state index is 0.188. The van der Waals surface area contributed by atoms with Crippen LogP contribution in [0.3, 0.4) is 0 Å². The van der Waals surface area contributed by atoms with Gasteiger partial charge in [0.15, 0.2) is 0 Å². The Morgan fingerprint density at radius 3 is 2.04 bits per heavy atom. The van der Waals surface area contributed by atoms with Gasteiger partial charge in [-0.3, -0.25) is 14.6 Å². The van der Waals surface area contributed by atoms with Crippen molar-refractivity contribution in [1.29, 1.82) is 0 Å². The van der Waals surface area contributed by atoms with Crippen LogP contribution in [0.1, 0.15) is 20.7 Å². The standard InChI is InChI=1S/C19H14FN3O2/c20-15-7-3-5-13(11-15)18(24)22-16-8-1-2-9-17(16)23-19(25)14-6-4-10-21-12-14/h1-12H,(H,22,24)(H,23,25). The minimum Gasteiger partial charge on any atom is -0.320 e. The molecular weight excluding hydrogens is 321 g/mol. The fourth-order valence-electron chi connectivity index (χ4n) is 2.22. The van der Waals surface area contributed by atoms with Gasteiger partial charge in [-0.2, -0.15) is 0 Å². The van der Waals surface area contributed by atoms with Crippen LogP contribution in [0.15, 0.2) is 73.1 Å². The number of amides is 2. The van der Waals surface area contributed by atoms with Gasteiger partial charge < -0.3 is 10.6 Å². The molecule has 2 aromatic carbocycles. The number of nitrogens with one attached hydrogen (secondary N) is 2. The molecule has 0 saturated carbocycles. The van der Waals surface area contributed by atoms with E-state index in [0.29, 0.717) is 16.9 Å². The number of rotatable bonds is 4. The maximum Gasteiger partial charge on any atom is 0.257 e. The Balaban J connectivity index is 1.79. The van der Waals surface area contributed by atoms with E-state index in [9.17, 15) is 14.0 Å². The van der Waals surface area contributed by atoms with Crippen LogP contribution in [0.25, 0.3) is 0 Å². The summed E-state index contributed by atoms with van der Waals surface area (Å²) in [4.78, 5) is 28.4. The highest BCUT2D eigenvalue weighted by atomic mass is 19.1. The molecule has 2 N–H and O–H groups in total. The molecule has 0 aliphatic rings. The van der Waals surface area contributed by atoms with Crippen molar-refractivity contribution >= 4 is 23.2 Å². The highest BCUT2D eigenvalue weighted by Gasteiger charge is 2.12. The number of benzene rings is 2. The Bertz CT molecular complexity index is 913. The summed E-state index contributed by atoms with van der Waals surface area (Å²) in [6.45, 7) is 0. The second-order valence-corrected chi connectivity index (χ2v) is 5.21. The van der Waals surface area contributed by atoms with Crippen LogP contribution >= 0.6 is 0 Å². The molecule has 1 heterocycles.